The van der Waals surface area contributed by atoms with Crippen LogP contribution in [0.15, 0.2) is 17.3 Å². The van der Waals surface area contributed by atoms with Gasteiger partial charge in [-0.1, -0.05) is 0 Å². The van der Waals surface area contributed by atoms with Crippen molar-refractivity contribution >= 4 is 21.6 Å². The molecule has 21 heavy (non-hydrogen) atoms. The Balaban J connectivity index is 2.16. The van der Waals surface area contributed by atoms with Crippen molar-refractivity contribution in [2.45, 2.75) is 43.8 Å². The van der Waals surface area contributed by atoms with E-state index in [1.165, 1.54) is 6.20 Å². The summed E-state index contributed by atoms with van der Waals surface area (Å²) in [4.78, 5) is 2.47. The summed E-state index contributed by atoms with van der Waals surface area (Å²) in [5.41, 5.74) is 0. The lowest BCUT2D eigenvalue weighted by Gasteiger charge is -2.41. The molecule has 8 heteroatoms. The number of piperazine rings is 1. The number of alkyl halides is 1. The number of nitrogens with zero attached hydrogens (tertiary/aromatic N) is 4. The molecule has 0 radical (unpaired) electrons. The van der Waals surface area contributed by atoms with Crippen LogP contribution in [0.25, 0.3) is 0 Å². The smallest absolute Gasteiger partial charge is 0.246 e. The van der Waals surface area contributed by atoms with Gasteiger partial charge in [-0.15, -0.1) is 11.6 Å². The molecule has 1 fully saturated rings. The molecule has 0 aromatic carbocycles. The summed E-state index contributed by atoms with van der Waals surface area (Å²) >= 11 is 5.64. The number of rotatable bonds is 5. The number of sulfonamides is 1. The summed E-state index contributed by atoms with van der Waals surface area (Å²) in [5.74, 6) is 0.537. The molecular formula is C13H23ClN4O2S. The third-order valence-corrected chi connectivity index (χ3v) is 6.15. The van der Waals surface area contributed by atoms with Gasteiger partial charge in [-0.05, 0) is 27.3 Å². The molecule has 2 unspecified atom stereocenters. The van der Waals surface area contributed by atoms with E-state index in [2.05, 4.69) is 10.00 Å². The maximum Gasteiger partial charge on any atom is 0.246 e. The lowest BCUT2D eigenvalue weighted by Crippen LogP contribution is -2.56. The second kappa shape index (κ2) is 6.64. The van der Waals surface area contributed by atoms with Crippen molar-refractivity contribution < 1.29 is 8.42 Å². The van der Waals surface area contributed by atoms with Gasteiger partial charge in [0, 0.05) is 43.8 Å². The Bertz CT molecular complexity index is 562. The minimum Gasteiger partial charge on any atom is -0.298 e. The Labute approximate surface area is 131 Å². The number of halogens is 1. The normalized spacial score (nSPS) is 25.3. The molecule has 2 heterocycles. The molecule has 120 valence electrons. The summed E-state index contributed by atoms with van der Waals surface area (Å²) < 4.78 is 28.6. The second-order valence-electron chi connectivity index (χ2n) is 5.67. The molecule has 6 nitrogen and oxygen atoms in total. The number of hydrogen-bond donors (Lipinski definition) is 0. The molecule has 1 saturated heterocycles. The van der Waals surface area contributed by atoms with E-state index in [1.54, 1.807) is 15.2 Å². The van der Waals surface area contributed by atoms with E-state index in [4.69, 9.17) is 11.6 Å². The molecule has 0 amide bonds. The van der Waals surface area contributed by atoms with Crippen LogP contribution in [-0.2, 0) is 16.6 Å². The van der Waals surface area contributed by atoms with Gasteiger partial charge in [-0.25, -0.2) is 8.42 Å². The fourth-order valence-corrected chi connectivity index (χ4v) is 4.20. The first kappa shape index (κ1) is 16.7. The average Bonchev–Trinajstić information content (AvgIpc) is 2.91. The van der Waals surface area contributed by atoms with Gasteiger partial charge in [-0.3, -0.25) is 9.58 Å². The van der Waals surface area contributed by atoms with Gasteiger partial charge in [0.2, 0.25) is 10.0 Å². The first-order valence-corrected chi connectivity index (χ1v) is 9.14. The van der Waals surface area contributed by atoms with Gasteiger partial charge in [-0.2, -0.15) is 9.40 Å². The summed E-state index contributed by atoms with van der Waals surface area (Å²) in [6, 6.07) is 0.407. The van der Waals surface area contributed by atoms with E-state index in [0.717, 1.165) is 6.42 Å². The van der Waals surface area contributed by atoms with Gasteiger partial charge in [0.15, 0.2) is 0 Å². The zero-order chi connectivity index (χ0) is 15.6. The van der Waals surface area contributed by atoms with Gasteiger partial charge < -0.3 is 0 Å². The number of hydrogen-bond acceptors (Lipinski definition) is 4. The molecule has 0 bridgehead atoms. The van der Waals surface area contributed by atoms with Crippen LogP contribution in [-0.4, -0.2) is 65.5 Å². The third kappa shape index (κ3) is 3.59. The Morgan fingerprint density at radius 1 is 1.33 bits per heavy atom. The first-order chi connectivity index (χ1) is 9.86. The van der Waals surface area contributed by atoms with Crippen molar-refractivity contribution in [1.82, 2.24) is 19.0 Å². The fourth-order valence-electron chi connectivity index (χ4n) is 2.52. The van der Waals surface area contributed by atoms with Crippen molar-refractivity contribution in [3.8, 4) is 0 Å². The molecular weight excluding hydrogens is 312 g/mol. The van der Waals surface area contributed by atoms with E-state index >= 15 is 0 Å². The van der Waals surface area contributed by atoms with Gasteiger partial charge in [0.05, 0.1) is 6.20 Å². The summed E-state index contributed by atoms with van der Waals surface area (Å²) in [5, 5.41) is 4.11. The SMILES string of the molecule is CC1CN(S(=O)(=O)c2cnn(CCCCl)c2)CC(C)N1C. The van der Waals surface area contributed by atoms with Crippen LogP contribution in [0.2, 0.25) is 0 Å². The molecule has 0 spiro atoms. The van der Waals surface area contributed by atoms with E-state index in [-0.39, 0.29) is 17.0 Å². The van der Waals surface area contributed by atoms with Crippen LogP contribution in [0, 0.1) is 0 Å². The summed E-state index contributed by atoms with van der Waals surface area (Å²) in [6.07, 6.45) is 3.79. The molecule has 0 aliphatic carbocycles. The highest BCUT2D eigenvalue weighted by Gasteiger charge is 2.34. The van der Waals surface area contributed by atoms with Crippen LogP contribution >= 0.6 is 11.6 Å². The van der Waals surface area contributed by atoms with Crippen LogP contribution in [0.1, 0.15) is 20.3 Å². The van der Waals surface area contributed by atoms with E-state index in [9.17, 15) is 8.42 Å². The third-order valence-electron chi connectivity index (χ3n) is 4.09. The largest absolute Gasteiger partial charge is 0.298 e. The van der Waals surface area contributed by atoms with Crippen LogP contribution in [0.4, 0.5) is 0 Å². The van der Waals surface area contributed by atoms with Crippen LogP contribution in [0.5, 0.6) is 0 Å². The minimum absolute atomic E-state index is 0.204. The highest BCUT2D eigenvalue weighted by molar-refractivity contribution is 7.89. The van der Waals surface area contributed by atoms with Crippen LogP contribution < -0.4 is 0 Å². The summed E-state index contributed by atoms with van der Waals surface area (Å²) in [7, 11) is -1.43. The number of aryl methyl sites for hydroxylation is 1. The molecule has 1 aromatic rings. The van der Waals surface area contributed by atoms with E-state index in [0.29, 0.717) is 25.5 Å². The Morgan fingerprint density at radius 2 is 1.95 bits per heavy atom. The fraction of sp³-hybridized carbons (Fsp3) is 0.769. The highest BCUT2D eigenvalue weighted by Crippen LogP contribution is 2.21. The predicted octanol–water partition coefficient (Wildman–Crippen LogP) is 1.23. The maximum absolute atomic E-state index is 12.7. The molecule has 0 N–H and O–H groups in total. The zero-order valence-electron chi connectivity index (χ0n) is 12.7. The van der Waals surface area contributed by atoms with Crippen molar-refractivity contribution in [2.75, 3.05) is 26.0 Å². The van der Waals surface area contributed by atoms with Crippen molar-refractivity contribution in [3.63, 3.8) is 0 Å². The first-order valence-electron chi connectivity index (χ1n) is 7.16. The monoisotopic (exact) mass is 334 g/mol. The average molecular weight is 335 g/mol. The van der Waals surface area contributed by atoms with Gasteiger partial charge in [0.25, 0.3) is 0 Å². The van der Waals surface area contributed by atoms with E-state index < -0.39 is 10.0 Å². The molecule has 0 saturated carbocycles. The molecule has 2 atom stereocenters. The molecule has 1 aliphatic heterocycles. The van der Waals surface area contributed by atoms with E-state index in [1.807, 2.05) is 20.9 Å². The van der Waals surface area contributed by atoms with Crippen molar-refractivity contribution in [3.05, 3.63) is 12.4 Å². The summed E-state index contributed by atoms with van der Waals surface area (Å²) in [6.45, 7) is 5.74. The zero-order valence-corrected chi connectivity index (χ0v) is 14.3. The standard InChI is InChI=1S/C13H23ClN4O2S/c1-11-8-18(9-12(2)16(11)3)21(19,20)13-7-15-17(10-13)6-4-5-14/h7,10-12H,4-6,8-9H2,1-3H3. The lowest BCUT2D eigenvalue weighted by molar-refractivity contribution is 0.105. The van der Waals surface area contributed by atoms with Crippen LogP contribution in [0.3, 0.4) is 0 Å². The van der Waals surface area contributed by atoms with Crippen molar-refractivity contribution in [1.29, 1.82) is 0 Å². The Hall–Kier alpha value is -0.630. The Kier molecular flexibility index (Phi) is 5.29. The van der Waals surface area contributed by atoms with Gasteiger partial charge in [0.1, 0.15) is 4.90 Å². The minimum atomic E-state index is -3.47. The topological polar surface area (TPSA) is 58.4 Å². The molecule has 1 aromatic heterocycles. The van der Waals surface area contributed by atoms with Gasteiger partial charge >= 0.3 is 0 Å². The lowest BCUT2D eigenvalue weighted by atomic mass is 10.1. The quantitative estimate of drug-likeness (QED) is 0.760. The predicted molar refractivity (Wildman–Crippen MR) is 83.0 cm³/mol. The molecule has 1 aliphatic rings. The Morgan fingerprint density at radius 3 is 2.52 bits per heavy atom. The maximum atomic E-state index is 12.7. The second-order valence-corrected chi connectivity index (χ2v) is 7.98. The number of likely N-dealkylation sites (N-methyl/N-ethyl adjacent to an activating group) is 1. The molecule has 2 rings (SSSR count). The van der Waals surface area contributed by atoms with Crippen molar-refractivity contribution in [2.24, 2.45) is 0 Å². The highest BCUT2D eigenvalue weighted by atomic mass is 35.5. The number of aromatic nitrogens is 2.